The maximum Gasteiger partial charge on any atom is 0.410 e. The first kappa shape index (κ1) is 16.0. The highest BCUT2D eigenvalue weighted by atomic mass is 16.6. The summed E-state index contributed by atoms with van der Waals surface area (Å²) in [6, 6.07) is -0.328. The number of hydrogen-bond donors (Lipinski definition) is 0. The zero-order valence-corrected chi connectivity index (χ0v) is 12.8. The molecular formula is C15H27NO3. The Balaban J connectivity index is 2.79. The van der Waals surface area contributed by atoms with Gasteiger partial charge in [0.05, 0.1) is 6.04 Å². The zero-order valence-electron chi connectivity index (χ0n) is 12.8. The molecule has 19 heavy (non-hydrogen) atoms. The molecule has 0 aromatic heterocycles. The highest BCUT2D eigenvalue weighted by Crippen LogP contribution is 2.32. The van der Waals surface area contributed by atoms with Crippen LogP contribution in [0.15, 0.2) is 0 Å². The molecule has 4 heteroatoms. The van der Waals surface area contributed by atoms with Crippen LogP contribution in [-0.2, 0) is 9.53 Å². The minimum Gasteiger partial charge on any atom is -0.444 e. The summed E-state index contributed by atoms with van der Waals surface area (Å²) < 4.78 is 5.43. The van der Waals surface area contributed by atoms with Crippen LogP contribution in [0.1, 0.15) is 53.9 Å². The Kier molecular flexibility index (Phi) is 5.39. The van der Waals surface area contributed by atoms with Crippen LogP contribution in [0.4, 0.5) is 4.79 Å². The molecule has 110 valence electrons. The molecule has 1 atom stereocenters. The fourth-order valence-corrected chi connectivity index (χ4v) is 2.25. The largest absolute Gasteiger partial charge is 0.444 e. The Morgan fingerprint density at radius 1 is 1.37 bits per heavy atom. The van der Waals surface area contributed by atoms with Crippen molar-refractivity contribution in [2.45, 2.75) is 65.5 Å². The Morgan fingerprint density at radius 2 is 1.95 bits per heavy atom. The summed E-state index contributed by atoms with van der Waals surface area (Å²) in [5, 5.41) is 0. The van der Waals surface area contributed by atoms with Crippen molar-refractivity contribution in [2.75, 3.05) is 6.54 Å². The van der Waals surface area contributed by atoms with Crippen molar-refractivity contribution in [1.82, 2.24) is 4.90 Å². The van der Waals surface area contributed by atoms with E-state index in [1.54, 1.807) is 4.90 Å². The van der Waals surface area contributed by atoms with Crippen LogP contribution < -0.4 is 0 Å². The standard InChI is InChI=1S/C15H27NO3/c1-11(2)9-16(14(18)19-15(3,4)5)13(10-17)12-7-6-8-12/h10-13H,6-9H2,1-5H3. The molecule has 4 nitrogen and oxygen atoms in total. The van der Waals surface area contributed by atoms with Crippen molar-refractivity contribution in [1.29, 1.82) is 0 Å². The third kappa shape index (κ3) is 4.84. The van der Waals surface area contributed by atoms with E-state index in [1.807, 2.05) is 34.6 Å². The highest BCUT2D eigenvalue weighted by Gasteiger charge is 2.36. The smallest absolute Gasteiger partial charge is 0.410 e. The van der Waals surface area contributed by atoms with Crippen molar-refractivity contribution in [2.24, 2.45) is 11.8 Å². The molecule has 0 aromatic rings. The second-order valence-electron chi connectivity index (χ2n) is 6.84. The summed E-state index contributed by atoms with van der Waals surface area (Å²) in [4.78, 5) is 25.3. The number of carbonyl (C=O) groups is 2. The van der Waals surface area contributed by atoms with Gasteiger partial charge in [-0.3, -0.25) is 4.90 Å². The minimum atomic E-state index is -0.528. The third-order valence-electron chi connectivity index (χ3n) is 3.32. The molecule has 0 bridgehead atoms. The lowest BCUT2D eigenvalue weighted by atomic mass is 9.79. The van der Waals surface area contributed by atoms with Crippen molar-refractivity contribution in [3.05, 3.63) is 0 Å². The van der Waals surface area contributed by atoms with Crippen LogP contribution in [0, 0.1) is 11.8 Å². The number of hydrogen-bond acceptors (Lipinski definition) is 3. The van der Waals surface area contributed by atoms with Gasteiger partial charge in [-0.1, -0.05) is 20.3 Å². The van der Waals surface area contributed by atoms with E-state index in [9.17, 15) is 9.59 Å². The maximum absolute atomic E-state index is 12.3. The first-order chi connectivity index (χ1) is 8.74. The quantitative estimate of drug-likeness (QED) is 0.720. The predicted octanol–water partition coefficient (Wildman–Crippen LogP) is 3.25. The second-order valence-corrected chi connectivity index (χ2v) is 6.84. The van der Waals surface area contributed by atoms with Gasteiger partial charge in [-0.05, 0) is 45.4 Å². The molecule has 0 spiro atoms. The van der Waals surface area contributed by atoms with Crippen molar-refractivity contribution in [3.8, 4) is 0 Å². The number of nitrogens with zero attached hydrogens (tertiary/aromatic N) is 1. The van der Waals surface area contributed by atoms with Gasteiger partial charge in [0.15, 0.2) is 0 Å². The van der Waals surface area contributed by atoms with Crippen LogP contribution in [-0.4, -0.2) is 35.5 Å². The molecule has 0 aliphatic heterocycles. The Bertz CT molecular complexity index is 316. The second kappa shape index (κ2) is 6.40. The van der Waals surface area contributed by atoms with E-state index in [-0.39, 0.29) is 12.1 Å². The Morgan fingerprint density at radius 3 is 2.26 bits per heavy atom. The summed E-state index contributed by atoms with van der Waals surface area (Å²) in [7, 11) is 0. The van der Waals surface area contributed by atoms with Crippen molar-refractivity contribution < 1.29 is 14.3 Å². The van der Waals surface area contributed by atoms with E-state index in [1.165, 1.54) is 0 Å². The van der Waals surface area contributed by atoms with Gasteiger partial charge >= 0.3 is 6.09 Å². The van der Waals surface area contributed by atoms with Crippen LogP contribution in [0.5, 0.6) is 0 Å². The topological polar surface area (TPSA) is 46.6 Å². The van der Waals surface area contributed by atoms with Gasteiger partial charge in [-0.25, -0.2) is 4.79 Å². The molecule has 1 aliphatic rings. The van der Waals surface area contributed by atoms with E-state index in [0.29, 0.717) is 18.4 Å². The number of ether oxygens (including phenoxy) is 1. The number of amides is 1. The zero-order chi connectivity index (χ0) is 14.6. The van der Waals surface area contributed by atoms with Gasteiger partial charge in [0.1, 0.15) is 11.9 Å². The van der Waals surface area contributed by atoms with E-state index < -0.39 is 5.60 Å². The molecule has 1 saturated carbocycles. The fourth-order valence-electron chi connectivity index (χ4n) is 2.25. The van der Waals surface area contributed by atoms with Gasteiger partial charge < -0.3 is 9.53 Å². The summed E-state index contributed by atoms with van der Waals surface area (Å²) in [6.45, 7) is 10.2. The summed E-state index contributed by atoms with van der Waals surface area (Å²) >= 11 is 0. The number of carbonyl (C=O) groups excluding carboxylic acids is 2. The van der Waals surface area contributed by atoms with Crippen molar-refractivity contribution in [3.63, 3.8) is 0 Å². The van der Waals surface area contributed by atoms with Gasteiger partial charge in [-0.15, -0.1) is 0 Å². The van der Waals surface area contributed by atoms with Crippen LogP contribution in [0.25, 0.3) is 0 Å². The number of aldehydes is 1. The molecule has 1 rings (SSSR count). The SMILES string of the molecule is CC(C)CN(C(=O)OC(C)(C)C)C(C=O)C1CCC1. The van der Waals surface area contributed by atoms with Gasteiger partial charge in [0.25, 0.3) is 0 Å². The van der Waals surface area contributed by atoms with Crippen LogP contribution >= 0.6 is 0 Å². The minimum absolute atomic E-state index is 0.309. The lowest BCUT2D eigenvalue weighted by molar-refractivity contribution is -0.115. The fraction of sp³-hybridized carbons (Fsp3) is 0.867. The van der Waals surface area contributed by atoms with E-state index in [0.717, 1.165) is 25.5 Å². The predicted molar refractivity (Wildman–Crippen MR) is 75.0 cm³/mol. The molecule has 0 saturated heterocycles. The molecule has 0 radical (unpaired) electrons. The normalized spacial score (nSPS) is 17.8. The third-order valence-corrected chi connectivity index (χ3v) is 3.32. The average Bonchev–Trinajstić information content (AvgIpc) is 2.17. The summed E-state index contributed by atoms with van der Waals surface area (Å²) in [5.41, 5.74) is -0.528. The maximum atomic E-state index is 12.3. The first-order valence-electron chi connectivity index (χ1n) is 7.19. The van der Waals surface area contributed by atoms with E-state index in [2.05, 4.69) is 0 Å². The summed E-state index contributed by atoms with van der Waals surface area (Å²) in [5.74, 6) is 0.624. The number of rotatable bonds is 5. The molecule has 0 heterocycles. The molecule has 0 aromatic carbocycles. The molecule has 1 amide bonds. The van der Waals surface area contributed by atoms with Gasteiger partial charge in [-0.2, -0.15) is 0 Å². The van der Waals surface area contributed by atoms with E-state index >= 15 is 0 Å². The molecule has 0 N–H and O–H groups in total. The molecular weight excluding hydrogens is 242 g/mol. The lowest BCUT2D eigenvalue weighted by Gasteiger charge is -2.39. The molecule has 1 unspecified atom stereocenters. The summed E-state index contributed by atoms with van der Waals surface area (Å²) in [6.07, 6.45) is 3.75. The molecule has 1 aliphatic carbocycles. The Labute approximate surface area is 116 Å². The van der Waals surface area contributed by atoms with Crippen molar-refractivity contribution >= 4 is 12.4 Å². The average molecular weight is 269 g/mol. The van der Waals surface area contributed by atoms with E-state index in [4.69, 9.17) is 4.74 Å². The van der Waals surface area contributed by atoms with Crippen LogP contribution in [0.2, 0.25) is 0 Å². The monoisotopic (exact) mass is 269 g/mol. The highest BCUT2D eigenvalue weighted by molar-refractivity contribution is 5.74. The van der Waals surface area contributed by atoms with Gasteiger partial charge in [0, 0.05) is 6.54 Å². The molecule has 1 fully saturated rings. The Hall–Kier alpha value is -1.06. The first-order valence-corrected chi connectivity index (χ1v) is 7.19. The van der Waals surface area contributed by atoms with Crippen LogP contribution in [0.3, 0.4) is 0 Å². The van der Waals surface area contributed by atoms with Gasteiger partial charge in [0.2, 0.25) is 0 Å². The lowest BCUT2D eigenvalue weighted by Crippen LogP contribution is -2.50.